The number of nitrogens with one attached hydrogen (secondary N) is 2. The number of nitrogens with zero attached hydrogens (tertiary/aromatic N) is 2. The van der Waals surface area contributed by atoms with E-state index >= 15 is 0 Å². The first-order chi connectivity index (χ1) is 9.49. The first-order valence-corrected chi connectivity index (χ1v) is 7.15. The second-order valence-electron chi connectivity index (χ2n) is 4.56. The van der Waals surface area contributed by atoms with Gasteiger partial charge in [0.1, 0.15) is 17.5 Å². The van der Waals surface area contributed by atoms with Gasteiger partial charge >= 0.3 is 0 Å². The minimum Gasteiger partial charge on any atom is -0.357 e. The number of halogens is 1. The monoisotopic (exact) mass is 340 g/mol. The van der Waals surface area contributed by atoms with Gasteiger partial charge in [-0.25, -0.2) is 10.5 Å². The quantitative estimate of drug-likeness (QED) is 0.589. The molecule has 0 aliphatic rings. The van der Waals surface area contributed by atoms with Crippen LogP contribution in [-0.2, 0) is 11.2 Å². The van der Waals surface area contributed by atoms with E-state index in [0.29, 0.717) is 5.82 Å². The Morgan fingerprint density at radius 1 is 1.55 bits per heavy atom. The maximum absolute atomic E-state index is 11.4. The van der Waals surface area contributed by atoms with Crippen molar-refractivity contribution >= 4 is 33.3 Å². The number of rotatable bonds is 4. The summed E-state index contributed by atoms with van der Waals surface area (Å²) in [5.41, 5.74) is 4.51. The van der Waals surface area contributed by atoms with Crippen LogP contribution in [0.5, 0.6) is 0 Å². The van der Waals surface area contributed by atoms with E-state index in [4.69, 9.17) is 5.21 Å². The topological polar surface area (TPSA) is 78.7 Å². The Morgan fingerprint density at radius 2 is 2.25 bits per heavy atom. The van der Waals surface area contributed by atoms with E-state index < -0.39 is 11.9 Å². The first kappa shape index (κ1) is 14.8. The predicted octanol–water partition coefficient (Wildman–Crippen LogP) is 2.27. The molecule has 0 fully saturated rings. The highest BCUT2D eigenvalue weighted by Crippen LogP contribution is 2.25. The molecule has 0 aliphatic heterocycles. The summed E-state index contributed by atoms with van der Waals surface area (Å²) in [4.78, 5) is 15.9. The van der Waals surface area contributed by atoms with E-state index in [9.17, 15) is 4.79 Å². The van der Waals surface area contributed by atoms with Crippen LogP contribution in [0.25, 0.3) is 5.65 Å². The Hall–Kier alpha value is -1.60. The fraction of sp³-hybridized carbons (Fsp3) is 0.385. The zero-order valence-corrected chi connectivity index (χ0v) is 13.2. The Bertz CT molecular complexity index is 653. The lowest BCUT2D eigenvalue weighted by Crippen LogP contribution is -2.35. The molecule has 3 N–H and O–H groups in total. The lowest BCUT2D eigenvalue weighted by atomic mass is 10.2. The van der Waals surface area contributed by atoms with Gasteiger partial charge in [-0.3, -0.25) is 14.4 Å². The molecule has 2 aromatic rings. The van der Waals surface area contributed by atoms with E-state index in [2.05, 4.69) is 30.6 Å². The number of amides is 1. The van der Waals surface area contributed by atoms with Crippen molar-refractivity contribution in [3.05, 3.63) is 28.0 Å². The molecular formula is C13H17BrN4O2. The van der Waals surface area contributed by atoms with E-state index in [1.807, 2.05) is 26.0 Å². The molecule has 2 heterocycles. The van der Waals surface area contributed by atoms with Gasteiger partial charge in [-0.1, -0.05) is 6.92 Å². The molecule has 0 bridgehead atoms. The molecule has 6 nitrogen and oxygen atoms in total. The summed E-state index contributed by atoms with van der Waals surface area (Å²) >= 11 is 3.51. The van der Waals surface area contributed by atoms with Crippen molar-refractivity contribution in [3.8, 4) is 0 Å². The van der Waals surface area contributed by atoms with Crippen molar-refractivity contribution in [2.45, 2.75) is 33.2 Å². The van der Waals surface area contributed by atoms with Gasteiger partial charge in [-0.05, 0) is 48.3 Å². The molecule has 2 aromatic heterocycles. The summed E-state index contributed by atoms with van der Waals surface area (Å²) in [6.45, 7) is 5.70. The molecule has 1 unspecified atom stereocenters. The summed E-state index contributed by atoms with van der Waals surface area (Å²) in [6, 6.07) is 3.29. The number of hydrogen-bond donors (Lipinski definition) is 3. The summed E-state index contributed by atoms with van der Waals surface area (Å²) < 4.78 is 3.06. The predicted molar refractivity (Wildman–Crippen MR) is 80.0 cm³/mol. The lowest BCUT2D eigenvalue weighted by molar-refractivity contribution is -0.129. The molecule has 0 aromatic carbocycles. The zero-order chi connectivity index (χ0) is 14.9. The highest BCUT2D eigenvalue weighted by Gasteiger charge is 2.18. The molecule has 0 aliphatic carbocycles. The van der Waals surface area contributed by atoms with Crippen molar-refractivity contribution in [2.24, 2.45) is 0 Å². The molecule has 7 heteroatoms. The number of imidazole rings is 1. The fourth-order valence-corrected chi connectivity index (χ4v) is 2.45. The summed E-state index contributed by atoms with van der Waals surface area (Å²) in [5, 5.41) is 11.7. The Kier molecular flexibility index (Phi) is 4.29. The van der Waals surface area contributed by atoms with Gasteiger partial charge in [0.25, 0.3) is 5.91 Å². The number of anilines is 1. The highest BCUT2D eigenvalue weighted by atomic mass is 79.9. The third-order valence-electron chi connectivity index (χ3n) is 3.25. The van der Waals surface area contributed by atoms with Crippen molar-refractivity contribution in [3.63, 3.8) is 0 Å². The molecule has 2 rings (SSSR count). The van der Waals surface area contributed by atoms with Crippen LogP contribution in [0.2, 0.25) is 0 Å². The van der Waals surface area contributed by atoms with Gasteiger partial charge in [0.15, 0.2) is 0 Å². The molecule has 0 radical (unpaired) electrons. The minimum atomic E-state index is -0.570. The average Bonchev–Trinajstić information content (AvgIpc) is 2.79. The molecule has 0 saturated heterocycles. The van der Waals surface area contributed by atoms with Crippen molar-refractivity contribution in [1.29, 1.82) is 0 Å². The van der Waals surface area contributed by atoms with Crippen LogP contribution in [0.1, 0.15) is 25.2 Å². The number of fused-ring (bicyclic) bond motifs is 1. The minimum absolute atomic E-state index is 0.498. The van der Waals surface area contributed by atoms with Crippen molar-refractivity contribution < 1.29 is 10.0 Å². The van der Waals surface area contributed by atoms with Gasteiger partial charge in [-0.15, -0.1) is 0 Å². The fourth-order valence-electron chi connectivity index (χ4n) is 2.14. The number of aromatic nitrogens is 2. The van der Waals surface area contributed by atoms with Crippen LogP contribution in [-0.4, -0.2) is 26.5 Å². The lowest BCUT2D eigenvalue weighted by Gasteiger charge is -2.12. The molecule has 1 amide bonds. The average molecular weight is 341 g/mol. The first-order valence-electron chi connectivity index (χ1n) is 6.36. The van der Waals surface area contributed by atoms with Crippen LogP contribution in [0.3, 0.4) is 0 Å². The Morgan fingerprint density at radius 3 is 2.85 bits per heavy atom. The smallest absolute Gasteiger partial charge is 0.265 e. The number of hydroxylamine groups is 1. The third-order valence-corrected chi connectivity index (χ3v) is 4.09. The zero-order valence-electron chi connectivity index (χ0n) is 11.6. The van der Waals surface area contributed by atoms with Crippen LogP contribution < -0.4 is 10.8 Å². The summed E-state index contributed by atoms with van der Waals surface area (Å²) in [5.74, 6) is 0.159. The van der Waals surface area contributed by atoms with E-state index in [-0.39, 0.29) is 0 Å². The van der Waals surface area contributed by atoms with Crippen molar-refractivity contribution in [2.75, 3.05) is 5.32 Å². The number of aryl methyl sites for hydroxylation is 2. The van der Waals surface area contributed by atoms with E-state index in [0.717, 1.165) is 27.9 Å². The summed E-state index contributed by atoms with van der Waals surface area (Å²) in [6.07, 6.45) is 0.772. The third kappa shape index (κ3) is 2.51. The number of carbonyl (C=O) groups is 1. The van der Waals surface area contributed by atoms with Gasteiger partial charge < -0.3 is 5.32 Å². The van der Waals surface area contributed by atoms with Crippen LogP contribution in [0.4, 0.5) is 5.82 Å². The van der Waals surface area contributed by atoms with Gasteiger partial charge in [0.05, 0.1) is 5.69 Å². The van der Waals surface area contributed by atoms with Gasteiger partial charge in [0.2, 0.25) is 0 Å². The highest BCUT2D eigenvalue weighted by molar-refractivity contribution is 9.10. The maximum atomic E-state index is 11.4. The number of pyridine rings is 1. The maximum Gasteiger partial charge on any atom is 0.265 e. The van der Waals surface area contributed by atoms with E-state index in [1.54, 1.807) is 12.4 Å². The molecule has 108 valence electrons. The summed E-state index contributed by atoms with van der Waals surface area (Å²) in [7, 11) is 0. The van der Waals surface area contributed by atoms with Crippen LogP contribution >= 0.6 is 15.9 Å². The largest absolute Gasteiger partial charge is 0.357 e. The number of hydrogen-bond acceptors (Lipinski definition) is 4. The molecule has 0 spiro atoms. The van der Waals surface area contributed by atoms with Gasteiger partial charge in [0, 0.05) is 10.2 Å². The van der Waals surface area contributed by atoms with E-state index in [1.165, 1.54) is 0 Å². The standard InChI is InChI=1S/C13H17BrN4O2/c1-4-10-12(15-7(2)13(19)17-20)16-11-6-5-9(14)8(3)18(10)11/h5-7,15,20H,4H2,1-3H3,(H,17,19). The molecular weight excluding hydrogens is 324 g/mol. The second kappa shape index (κ2) is 5.80. The Balaban J connectivity index is 2.49. The number of carbonyl (C=O) groups excluding carboxylic acids is 1. The molecule has 20 heavy (non-hydrogen) atoms. The molecule has 0 saturated carbocycles. The van der Waals surface area contributed by atoms with Gasteiger partial charge in [-0.2, -0.15) is 0 Å². The van der Waals surface area contributed by atoms with Crippen LogP contribution in [0.15, 0.2) is 16.6 Å². The SMILES string of the molecule is CCc1c(NC(C)C(=O)NO)nc2ccc(Br)c(C)n12. The van der Waals surface area contributed by atoms with Crippen molar-refractivity contribution in [1.82, 2.24) is 14.9 Å². The normalized spacial score (nSPS) is 12.4. The molecule has 1 atom stereocenters. The second-order valence-corrected chi connectivity index (χ2v) is 5.42. The Labute approximate surface area is 125 Å². The van der Waals surface area contributed by atoms with Crippen LogP contribution in [0, 0.1) is 6.92 Å².